The van der Waals surface area contributed by atoms with Crippen molar-refractivity contribution in [2.75, 3.05) is 12.3 Å². The number of hydrogen-bond acceptors (Lipinski definition) is 4. The van der Waals surface area contributed by atoms with Crippen molar-refractivity contribution in [3.63, 3.8) is 0 Å². The molecule has 2 N–H and O–H groups in total. The molecule has 0 saturated heterocycles. The molecule has 0 bridgehead atoms. The predicted octanol–water partition coefficient (Wildman–Crippen LogP) is 2.36. The normalized spacial score (nSPS) is 10.6. The van der Waals surface area contributed by atoms with Crippen molar-refractivity contribution in [1.29, 1.82) is 0 Å². The molecular formula is C10H11ClF2N2O2. The van der Waals surface area contributed by atoms with Gasteiger partial charge < -0.3 is 10.5 Å². The third kappa shape index (κ3) is 3.26. The summed E-state index contributed by atoms with van der Waals surface area (Å²) in [6.45, 7) is 1.85. The summed E-state index contributed by atoms with van der Waals surface area (Å²) in [5, 5.41) is -0.236. The van der Waals surface area contributed by atoms with E-state index in [2.05, 4.69) is 9.72 Å². The second-order valence-electron chi connectivity index (χ2n) is 3.18. The van der Waals surface area contributed by atoms with Gasteiger partial charge >= 0.3 is 5.97 Å². The van der Waals surface area contributed by atoms with Crippen LogP contribution in [-0.4, -0.2) is 17.6 Å². The van der Waals surface area contributed by atoms with Crippen molar-refractivity contribution in [1.82, 2.24) is 4.98 Å². The largest absolute Gasteiger partial charge is 0.466 e. The lowest BCUT2D eigenvalue weighted by atomic mass is 10.1. The van der Waals surface area contributed by atoms with Gasteiger partial charge in [-0.1, -0.05) is 11.6 Å². The molecule has 0 aliphatic rings. The summed E-state index contributed by atoms with van der Waals surface area (Å²) in [6, 6.07) is 0. The number of ether oxygens (including phenoxy) is 1. The van der Waals surface area contributed by atoms with Crippen LogP contribution in [0.4, 0.5) is 14.6 Å². The van der Waals surface area contributed by atoms with E-state index in [1.807, 2.05) is 0 Å². The Bertz CT molecular complexity index is 427. The maximum atomic E-state index is 12.6. The van der Waals surface area contributed by atoms with E-state index >= 15 is 0 Å². The van der Waals surface area contributed by atoms with E-state index < -0.39 is 18.0 Å². The molecule has 7 heteroatoms. The predicted molar refractivity (Wildman–Crippen MR) is 59.0 cm³/mol. The average Bonchev–Trinajstić information content (AvgIpc) is 2.22. The van der Waals surface area contributed by atoms with Gasteiger partial charge in [0.25, 0.3) is 6.43 Å². The molecule has 1 aromatic heterocycles. The number of aromatic nitrogens is 1. The summed E-state index contributed by atoms with van der Waals surface area (Å²) >= 11 is 5.75. The first-order valence-electron chi connectivity index (χ1n) is 4.83. The maximum absolute atomic E-state index is 12.6. The Morgan fingerprint density at radius 1 is 1.65 bits per heavy atom. The fourth-order valence-corrected chi connectivity index (χ4v) is 1.55. The Labute approximate surface area is 102 Å². The van der Waals surface area contributed by atoms with Crippen LogP contribution in [0.5, 0.6) is 0 Å². The number of nitrogen functional groups attached to an aromatic ring is 1. The summed E-state index contributed by atoms with van der Waals surface area (Å²) < 4.78 is 30.0. The van der Waals surface area contributed by atoms with Crippen LogP contribution in [0.25, 0.3) is 0 Å². The van der Waals surface area contributed by atoms with Gasteiger partial charge in [0, 0.05) is 11.8 Å². The van der Waals surface area contributed by atoms with Crippen LogP contribution in [0.2, 0.25) is 5.02 Å². The van der Waals surface area contributed by atoms with E-state index in [9.17, 15) is 13.6 Å². The maximum Gasteiger partial charge on any atom is 0.310 e. The van der Waals surface area contributed by atoms with Crippen LogP contribution in [-0.2, 0) is 16.0 Å². The fraction of sp³-hybridized carbons (Fsp3) is 0.400. The number of nitrogens with zero attached hydrogens (tertiary/aromatic N) is 1. The highest BCUT2D eigenvalue weighted by molar-refractivity contribution is 6.32. The Morgan fingerprint density at radius 3 is 2.82 bits per heavy atom. The molecule has 17 heavy (non-hydrogen) atoms. The van der Waals surface area contributed by atoms with Crippen LogP contribution in [0.3, 0.4) is 0 Å². The number of alkyl halides is 2. The molecule has 4 nitrogen and oxygen atoms in total. The highest BCUT2D eigenvalue weighted by Gasteiger charge is 2.21. The second-order valence-corrected chi connectivity index (χ2v) is 3.56. The van der Waals surface area contributed by atoms with E-state index in [-0.39, 0.29) is 29.4 Å². The molecule has 0 aromatic carbocycles. The first-order chi connectivity index (χ1) is 7.97. The summed E-state index contributed by atoms with van der Waals surface area (Å²) in [7, 11) is 0. The zero-order valence-corrected chi connectivity index (χ0v) is 9.80. The van der Waals surface area contributed by atoms with Crippen molar-refractivity contribution in [2.24, 2.45) is 0 Å². The van der Waals surface area contributed by atoms with Gasteiger partial charge in [0.05, 0.1) is 23.6 Å². The lowest BCUT2D eigenvalue weighted by Crippen LogP contribution is -2.10. The topological polar surface area (TPSA) is 65.2 Å². The number of carbonyl (C=O) groups excluding carboxylic acids is 1. The Hall–Kier alpha value is -1.43. The summed E-state index contributed by atoms with van der Waals surface area (Å²) in [5.74, 6) is -0.890. The zero-order valence-electron chi connectivity index (χ0n) is 9.04. The smallest absolute Gasteiger partial charge is 0.310 e. The van der Waals surface area contributed by atoms with Gasteiger partial charge in [-0.05, 0) is 6.92 Å². The number of hydrogen-bond donors (Lipinski definition) is 1. The average molecular weight is 265 g/mol. The highest BCUT2D eigenvalue weighted by Crippen LogP contribution is 2.33. The zero-order chi connectivity index (χ0) is 13.0. The Morgan fingerprint density at radius 2 is 2.29 bits per heavy atom. The Balaban J connectivity index is 3.02. The van der Waals surface area contributed by atoms with Crippen LogP contribution >= 0.6 is 11.6 Å². The molecule has 1 aromatic rings. The van der Waals surface area contributed by atoms with Gasteiger partial charge in [-0.15, -0.1) is 0 Å². The van der Waals surface area contributed by atoms with E-state index in [0.29, 0.717) is 0 Å². The number of pyridine rings is 1. The second kappa shape index (κ2) is 5.77. The summed E-state index contributed by atoms with van der Waals surface area (Å²) in [6.07, 6.45) is -1.85. The molecule has 94 valence electrons. The van der Waals surface area contributed by atoms with Gasteiger partial charge in [0.2, 0.25) is 0 Å². The molecule has 0 radical (unpaired) electrons. The lowest BCUT2D eigenvalue weighted by molar-refractivity contribution is -0.142. The van der Waals surface area contributed by atoms with Crippen molar-refractivity contribution in [3.05, 3.63) is 22.3 Å². The number of esters is 1. The molecule has 0 saturated carbocycles. The van der Waals surface area contributed by atoms with Gasteiger partial charge in [0.1, 0.15) is 5.82 Å². The fourth-order valence-electron chi connectivity index (χ4n) is 1.26. The van der Waals surface area contributed by atoms with Crippen LogP contribution in [0, 0.1) is 0 Å². The van der Waals surface area contributed by atoms with E-state index in [0.717, 1.165) is 0 Å². The molecule has 1 rings (SSSR count). The quantitative estimate of drug-likeness (QED) is 0.848. The molecule has 0 aliphatic carbocycles. The SMILES string of the molecule is CCOC(=O)Cc1cnc(N)c(C(F)F)c1Cl. The van der Waals surface area contributed by atoms with E-state index in [1.54, 1.807) is 6.92 Å². The molecule has 0 fully saturated rings. The number of nitrogens with two attached hydrogens (primary N) is 1. The molecule has 1 heterocycles. The van der Waals surface area contributed by atoms with Crippen molar-refractivity contribution in [3.8, 4) is 0 Å². The standard InChI is InChI=1S/C10H11ClF2N2O2/c1-2-17-6(16)3-5-4-15-10(14)7(8(5)11)9(12)13/h4,9H,2-3H2,1H3,(H2,14,15). The monoisotopic (exact) mass is 264 g/mol. The van der Waals surface area contributed by atoms with Crippen LogP contribution in [0.15, 0.2) is 6.20 Å². The molecule has 0 spiro atoms. The van der Waals surface area contributed by atoms with Gasteiger partial charge in [-0.3, -0.25) is 4.79 Å². The molecule has 0 aliphatic heterocycles. The van der Waals surface area contributed by atoms with E-state index in [1.165, 1.54) is 6.20 Å². The minimum atomic E-state index is -2.84. The number of rotatable bonds is 4. The number of carbonyl (C=O) groups is 1. The molecule has 0 unspecified atom stereocenters. The number of anilines is 1. The Kier molecular flexibility index (Phi) is 4.62. The van der Waals surface area contributed by atoms with Crippen LogP contribution < -0.4 is 5.73 Å². The lowest BCUT2D eigenvalue weighted by Gasteiger charge is -2.10. The molecular weight excluding hydrogens is 254 g/mol. The summed E-state index contributed by atoms with van der Waals surface area (Å²) in [4.78, 5) is 14.8. The highest BCUT2D eigenvalue weighted by atomic mass is 35.5. The summed E-state index contributed by atoms with van der Waals surface area (Å²) in [5.41, 5.74) is 4.92. The third-order valence-corrected chi connectivity index (χ3v) is 2.46. The third-order valence-electron chi connectivity index (χ3n) is 2.01. The molecule has 0 atom stereocenters. The van der Waals surface area contributed by atoms with Gasteiger partial charge in [-0.2, -0.15) is 0 Å². The number of halogens is 3. The molecule has 0 amide bonds. The van der Waals surface area contributed by atoms with Crippen molar-refractivity contribution in [2.45, 2.75) is 19.8 Å². The van der Waals surface area contributed by atoms with Crippen LogP contribution in [0.1, 0.15) is 24.5 Å². The van der Waals surface area contributed by atoms with Crippen molar-refractivity contribution >= 4 is 23.4 Å². The minimum absolute atomic E-state index is 0.176. The van der Waals surface area contributed by atoms with Gasteiger partial charge in [-0.25, -0.2) is 13.8 Å². The first kappa shape index (κ1) is 13.6. The minimum Gasteiger partial charge on any atom is -0.466 e. The van der Waals surface area contributed by atoms with Gasteiger partial charge in [0.15, 0.2) is 0 Å². The van der Waals surface area contributed by atoms with E-state index in [4.69, 9.17) is 17.3 Å². The first-order valence-corrected chi connectivity index (χ1v) is 5.21. The van der Waals surface area contributed by atoms with Crippen molar-refractivity contribution < 1.29 is 18.3 Å².